The lowest BCUT2D eigenvalue weighted by molar-refractivity contribution is -0.121. The fourth-order valence-electron chi connectivity index (χ4n) is 3.96. The first-order valence-electron chi connectivity index (χ1n) is 9.53. The van der Waals surface area contributed by atoms with Gasteiger partial charge >= 0.3 is 0 Å². The highest BCUT2D eigenvalue weighted by atomic mass is 16.5. The molecule has 142 valence electrons. The quantitative estimate of drug-likeness (QED) is 0.890. The molecule has 1 amide bonds. The average molecular weight is 367 g/mol. The highest BCUT2D eigenvalue weighted by Gasteiger charge is 2.48. The minimum atomic E-state index is -0.716. The number of hydrogen-bond acceptors (Lipinski definition) is 6. The van der Waals surface area contributed by atoms with Crippen molar-refractivity contribution in [3.63, 3.8) is 0 Å². The molecule has 1 aliphatic heterocycles. The number of rotatable bonds is 4. The van der Waals surface area contributed by atoms with Gasteiger partial charge in [0.15, 0.2) is 0 Å². The van der Waals surface area contributed by atoms with Crippen LogP contribution >= 0.6 is 0 Å². The molecule has 0 unspecified atom stereocenters. The van der Waals surface area contributed by atoms with Crippen LogP contribution in [0.15, 0.2) is 24.7 Å². The number of carbonyl (C=O) groups excluding carboxylic acids is 1. The summed E-state index contributed by atoms with van der Waals surface area (Å²) in [7, 11) is 1.80. The number of fused-ring (bicyclic) bond motifs is 1. The minimum Gasteiger partial charge on any atom is -0.474 e. The van der Waals surface area contributed by atoms with E-state index in [2.05, 4.69) is 20.3 Å². The number of carbonyl (C=O) groups is 1. The molecule has 7 nitrogen and oxygen atoms in total. The molecule has 0 saturated heterocycles. The molecule has 2 aliphatic rings. The lowest BCUT2D eigenvalue weighted by Crippen LogP contribution is -2.33. The molecule has 0 aromatic carbocycles. The third kappa shape index (κ3) is 3.01. The van der Waals surface area contributed by atoms with E-state index >= 15 is 0 Å². The first-order valence-corrected chi connectivity index (χ1v) is 9.53. The number of aromatic nitrogens is 3. The number of nitrogens with zero attached hydrogens (tertiary/aromatic N) is 4. The third-order valence-corrected chi connectivity index (χ3v) is 5.46. The van der Waals surface area contributed by atoms with Crippen molar-refractivity contribution in [1.82, 2.24) is 15.0 Å². The molecule has 2 aromatic heterocycles. The molecule has 7 heteroatoms. The van der Waals surface area contributed by atoms with Crippen LogP contribution in [0, 0.1) is 0 Å². The van der Waals surface area contributed by atoms with Gasteiger partial charge in [-0.3, -0.25) is 9.69 Å². The van der Waals surface area contributed by atoms with Crippen molar-refractivity contribution in [2.75, 3.05) is 17.3 Å². The first-order chi connectivity index (χ1) is 13.0. The van der Waals surface area contributed by atoms with Crippen LogP contribution in [0.4, 0.5) is 17.3 Å². The largest absolute Gasteiger partial charge is 0.474 e. The van der Waals surface area contributed by atoms with E-state index in [9.17, 15) is 4.79 Å². The Morgan fingerprint density at radius 3 is 2.59 bits per heavy atom. The zero-order valence-corrected chi connectivity index (χ0v) is 16.0. The smallest absolute Gasteiger partial charge is 0.243 e. The minimum absolute atomic E-state index is 0.0442. The first kappa shape index (κ1) is 17.7. The van der Waals surface area contributed by atoms with Crippen molar-refractivity contribution in [3.05, 3.63) is 30.2 Å². The van der Waals surface area contributed by atoms with Gasteiger partial charge in [0.05, 0.1) is 22.9 Å². The molecule has 1 N–H and O–H groups in total. The number of pyridine rings is 1. The Kier molecular flexibility index (Phi) is 4.45. The van der Waals surface area contributed by atoms with Gasteiger partial charge in [0, 0.05) is 13.1 Å². The molecule has 0 atom stereocenters. The maximum absolute atomic E-state index is 13.1. The lowest BCUT2D eigenvalue weighted by Gasteiger charge is -2.23. The third-order valence-electron chi connectivity index (χ3n) is 5.46. The SMILES string of the molecule is CNc1ncnc2c1C(C)(C)C(=O)N2c1ccc(OC2CCCCC2)nc1. The Morgan fingerprint density at radius 1 is 1.15 bits per heavy atom. The molecule has 1 saturated carbocycles. The molecular weight excluding hydrogens is 342 g/mol. The summed E-state index contributed by atoms with van der Waals surface area (Å²) in [5.41, 5.74) is 0.773. The van der Waals surface area contributed by atoms with Gasteiger partial charge in [-0.1, -0.05) is 6.42 Å². The molecule has 0 radical (unpaired) electrons. The predicted molar refractivity (Wildman–Crippen MR) is 103 cm³/mol. The fourth-order valence-corrected chi connectivity index (χ4v) is 3.96. The normalized spacial score (nSPS) is 19.1. The zero-order chi connectivity index (χ0) is 19.0. The van der Waals surface area contributed by atoms with E-state index in [4.69, 9.17) is 4.74 Å². The van der Waals surface area contributed by atoms with Crippen LogP contribution in [0.2, 0.25) is 0 Å². The standard InChI is InChI=1S/C20H25N5O2/c1-20(2)16-17(21-3)23-12-24-18(16)25(19(20)26)13-9-10-15(22-11-13)27-14-7-5-4-6-8-14/h9-12,14H,4-8H2,1-3H3,(H,21,23,24). The van der Waals surface area contributed by atoms with Crippen molar-refractivity contribution in [3.8, 4) is 5.88 Å². The van der Waals surface area contributed by atoms with Gasteiger partial charge in [0.1, 0.15) is 24.1 Å². The molecule has 27 heavy (non-hydrogen) atoms. The van der Waals surface area contributed by atoms with Crippen molar-refractivity contribution in [1.29, 1.82) is 0 Å². The van der Waals surface area contributed by atoms with Crippen LogP contribution in [-0.2, 0) is 10.2 Å². The van der Waals surface area contributed by atoms with Crippen LogP contribution in [-0.4, -0.2) is 34.0 Å². The van der Waals surface area contributed by atoms with E-state index < -0.39 is 5.41 Å². The topological polar surface area (TPSA) is 80.2 Å². The number of ether oxygens (including phenoxy) is 1. The van der Waals surface area contributed by atoms with E-state index in [1.54, 1.807) is 18.1 Å². The van der Waals surface area contributed by atoms with Crippen LogP contribution < -0.4 is 15.0 Å². The summed E-state index contributed by atoms with van der Waals surface area (Å²) in [5, 5.41) is 3.06. The van der Waals surface area contributed by atoms with Gasteiger partial charge in [0.2, 0.25) is 11.8 Å². The maximum atomic E-state index is 13.1. The second-order valence-corrected chi connectivity index (χ2v) is 7.67. The molecule has 1 aliphatic carbocycles. The van der Waals surface area contributed by atoms with E-state index in [0.717, 1.165) is 18.4 Å². The van der Waals surface area contributed by atoms with E-state index in [0.29, 0.717) is 23.2 Å². The molecule has 1 fully saturated rings. The molecule has 2 aromatic rings. The Bertz CT molecular complexity index is 844. The average Bonchev–Trinajstić information content (AvgIpc) is 2.90. The number of hydrogen-bond donors (Lipinski definition) is 1. The highest BCUT2D eigenvalue weighted by Crippen LogP contribution is 2.46. The summed E-state index contributed by atoms with van der Waals surface area (Å²) in [5.74, 6) is 1.84. The molecule has 3 heterocycles. The van der Waals surface area contributed by atoms with Crippen LogP contribution in [0.3, 0.4) is 0 Å². The summed E-state index contributed by atoms with van der Waals surface area (Å²) < 4.78 is 6.00. The number of amides is 1. The summed E-state index contributed by atoms with van der Waals surface area (Å²) >= 11 is 0. The Balaban J connectivity index is 1.63. The lowest BCUT2D eigenvalue weighted by atomic mass is 9.87. The summed E-state index contributed by atoms with van der Waals surface area (Å²) in [6.45, 7) is 3.79. The van der Waals surface area contributed by atoms with Crippen molar-refractivity contribution in [2.45, 2.75) is 57.5 Å². The Morgan fingerprint density at radius 2 is 1.93 bits per heavy atom. The number of anilines is 3. The van der Waals surface area contributed by atoms with Gasteiger partial charge < -0.3 is 10.1 Å². The van der Waals surface area contributed by atoms with Crippen LogP contribution in [0.1, 0.15) is 51.5 Å². The van der Waals surface area contributed by atoms with E-state index in [1.807, 2.05) is 26.0 Å². The van der Waals surface area contributed by atoms with Gasteiger partial charge in [-0.15, -0.1) is 0 Å². The number of nitrogens with one attached hydrogen (secondary N) is 1. The Labute approximate surface area is 159 Å². The second-order valence-electron chi connectivity index (χ2n) is 7.67. The van der Waals surface area contributed by atoms with Crippen molar-refractivity contribution < 1.29 is 9.53 Å². The summed E-state index contributed by atoms with van der Waals surface area (Å²) in [6.07, 6.45) is 9.28. The maximum Gasteiger partial charge on any atom is 0.243 e. The molecule has 4 rings (SSSR count). The fraction of sp³-hybridized carbons (Fsp3) is 0.500. The van der Waals surface area contributed by atoms with E-state index in [-0.39, 0.29) is 12.0 Å². The summed E-state index contributed by atoms with van der Waals surface area (Å²) in [6, 6.07) is 3.71. The van der Waals surface area contributed by atoms with Gasteiger partial charge in [-0.05, 0) is 45.6 Å². The monoisotopic (exact) mass is 367 g/mol. The van der Waals surface area contributed by atoms with Crippen LogP contribution in [0.25, 0.3) is 0 Å². The molecule has 0 spiro atoms. The van der Waals surface area contributed by atoms with Gasteiger partial charge in [0.25, 0.3) is 0 Å². The van der Waals surface area contributed by atoms with Crippen LogP contribution in [0.5, 0.6) is 5.88 Å². The van der Waals surface area contributed by atoms with Gasteiger partial charge in [-0.2, -0.15) is 0 Å². The molecule has 0 bridgehead atoms. The van der Waals surface area contributed by atoms with Crippen molar-refractivity contribution >= 4 is 23.2 Å². The summed E-state index contributed by atoms with van der Waals surface area (Å²) in [4.78, 5) is 27.8. The van der Waals surface area contributed by atoms with Crippen molar-refractivity contribution in [2.24, 2.45) is 0 Å². The zero-order valence-electron chi connectivity index (χ0n) is 16.0. The second kappa shape index (κ2) is 6.79. The Hall–Kier alpha value is -2.70. The van der Waals surface area contributed by atoms with E-state index in [1.165, 1.54) is 25.6 Å². The predicted octanol–water partition coefficient (Wildman–Crippen LogP) is 3.58. The highest BCUT2D eigenvalue weighted by molar-refractivity contribution is 6.12. The van der Waals surface area contributed by atoms with Gasteiger partial charge in [-0.25, -0.2) is 15.0 Å². The molecular formula is C20H25N5O2.